The number of halogens is 3. The predicted molar refractivity (Wildman–Crippen MR) is 147 cm³/mol. The van der Waals surface area contributed by atoms with Crippen LogP contribution in [0.1, 0.15) is 28.4 Å². The third-order valence-electron chi connectivity index (χ3n) is 5.51. The third-order valence-corrected chi connectivity index (χ3v) is 6.31. The molecule has 37 heavy (non-hydrogen) atoms. The van der Waals surface area contributed by atoms with Crippen LogP contribution in [0.3, 0.4) is 0 Å². The number of aromatic nitrogens is 2. The summed E-state index contributed by atoms with van der Waals surface area (Å²) in [5.74, 6) is -0.271. The smallest absolute Gasteiger partial charge is 0.258 e. The molecule has 0 fully saturated rings. The number of carbonyl (C=O) groups is 1. The van der Waals surface area contributed by atoms with Crippen LogP contribution < -0.4 is 10.6 Å². The van der Waals surface area contributed by atoms with Crippen LogP contribution in [-0.4, -0.2) is 21.4 Å². The van der Waals surface area contributed by atoms with Gasteiger partial charge in [0, 0.05) is 38.7 Å². The van der Waals surface area contributed by atoms with Crippen LogP contribution in [0.2, 0.25) is 15.1 Å². The summed E-state index contributed by atoms with van der Waals surface area (Å²) in [6.07, 6.45) is 5.16. The minimum Gasteiger partial charge on any atom is -0.335 e. The number of amides is 1. The van der Waals surface area contributed by atoms with Crippen LogP contribution in [0.15, 0.2) is 90.4 Å². The number of hydrogen-bond acceptors (Lipinski definition) is 4. The molecule has 0 aliphatic heterocycles. The summed E-state index contributed by atoms with van der Waals surface area (Å²) in [6, 6.07) is 20.6. The zero-order valence-electron chi connectivity index (χ0n) is 19.6. The standard InChI is InChI=1S/C27H21Cl3N6O/c1-27(16-36-12-11-32-17-36,23-10-7-21(29)14-24(23)30)35-26(33-22-8-5-20(28)6-9-22)34-25(37)19-4-2-3-18(13-19)15-31/h2-14,17H,16H2,1H3,(H2,33,34,35,37)/t27-/m0/s1. The summed E-state index contributed by atoms with van der Waals surface area (Å²) in [5, 5.41) is 16.7. The highest BCUT2D eigenvalue weighted by Crippen LogP contribution is 2.35. The zero-order valence-corrected chi connectivity index (χ0v) is 21.9. The zero-order chi connectivity index (χ0) is 26.4. The van der Waals surface area contributed by atoms with Gasteiger partial charge in [0.1, 0.15) is 5.54 Å². The number of aliphatic imine (C=N–C) groups is 1. The fraction of sp³-hybridized carbons (Fsp3) is 0.111. The first-order chi connectivity index (χ1) is 17.8. The molecule has 0 saturated heterocycles. The summed E-state index contributed by atoms with van der Waals surface area (Å²) in [4.78, 5) is 22.3. The molecule has 7 nitrogen and oxygen atoms in total. The van der Waals surface area contributed by atoms with Gasteiger partial charge >= 0.3 is 0 Å². The molecule has 1 amide bonds. The topological polar surface area (TPSA) is 95.1 Å². The first-order valence-electron chi connectivity index (χ1n) is 11.1. The van der Waals surface area contributed by atoms with E-state index in [1.54, 1.807) is 67.1 Å². The van der Waals surface area contributed by atoms with Gasteiger partial charge < -0.3 is 9.88 Å². The van der Waals surface area contributed by atoms with E-state index in [1.165, 1.54) is 6.07 Å². The van der Waals surface area contributed by atoms with Crippen molar-refractivity contribution in [1.29, 1.82) is 5.26 Å². The van der Waals surface area contributed by atoms with Crippen molar-refractivity contribution in [2.45, 2.75) is 19.0 Å². The summed E-state index contributed by atoms with van der Waals surface area (Å²) in [6.45, 7) is 2.26. The second-order valence-electron chi connectivity index (χ2n) is 8.37. The summed E-state index contributed by atoms with van der Waals surface area (Å²) in [5.41, 5.74) is 1.07. The molecule has 10 heteroatoms. The maximum atomic E-state index is 13.2. The Morgan fingerprint density at radius 1 is 1.08 bits per heavy atom. The SMILES string of the molecule is C[C@@](Cn1ccnc1)(N=C(NC(=O)c1cccc(C#N)c1)Nc1ccc(Cl)cc1)c1ccc(Cl)cc1Cl. The van der Waals surface area contributed by atoms with Crippen molar-refractivity contribution >= 4 is 52.4 Å². The maximum Gasteiger partial charge on any atom is 0.258 e. The molecule has 4 rings (SSSR count). The van der Waals surface area contributed by atoms with Gasteiger partial charge in [-0.25, -0.2) is 9.98 Å². The number of nitriles is 1. The lowest BCUT2D eigenvalue weighted by molar-refractivity contribution is 0.0976. The van der Waals surface area contributed by atoms with Crippen molar-refractivity contribution in [3.63, 3.8) is 0 Å². The van der Waals surface area contributed by atoms with Gasteiger partial charge in [0.15, 0.2) is 0 Å². The molecule has 0 spiro atoms. The molecule has 0 aliphatic carbocycles. The first-order valence-corrected chi connectivity index (χ1v) is 12.2. The fourth-order valence-corrected chi connectivity index (χ4v) is 4.49. The molecule has 3 aromatic carbocycles. The van der Waals surface area contributed by atoms with E-state index >= 15 is 0 Å². The second kappa shape index (κ2) is 11.5. The van der Waals surface area contributed by atoms with Crippen molar-refractivity contribution in [3.05, 3.63) is 117 Å². The Balaban J connectivity index is 1.79. The average Bonchev–Trinajstić information content (AvgIpc) is 3.38. The molecule has 186 valence electrons. The van der Waals surface area contributed by atoms with Crippen LogP contribution in [0, 0.1) is 11.3 Å². The number of guanidine groups is 1. The number of benzene rings is 3. The summed E-state index contributed by atoms with van der Waals surface area (Å²) >= 11 is 18.8. The predicted octanol–water partition coefficient (Wildman–Crippen LogP) is 6.53. The Morgan fingerprint density at radius 2 is 1.84 bits per heavy atom. The van der Waals surface area contributed by atoms with Gasteiger partial charge in [-0.05, 0) is 67.1 Å². The highest BCUT2D eigenvalue weighted by atomic mass is 35.5. The average molecular weight is 552 g/mol. The Bertz CT molecular complexity index is 1480. The van der Waals surface area contributed by atoms with E-state index in [-0.39, 0.29) is 5.96 Å². The number of nitrogens with one attached hydrogen (secondary N) is 2. The number of rotatable bonds is 6. The van der Waals surface area contributed by atoms with Crippen LogP contribution in [0.25, 0.3) is 0 Å². The van der Waals surface area contributed by atoms with E-state index in [4.69, 9.17) is 39.8 Å². The molecule has 1 heterocycles. The molecular formula is C27H21Cl3N6O. The number of hydrogen-bond donors (Lipinski definition) is 2. The van der Waals surface area contributed by atoms with Crippen LogP contribution in [0.4, 0.5) is 5.69 Å². The maximum absolute atomic E-state index is 13.2. The van der Waals surface area contributed by atoms with Crippen molar-refractivity contribution < 1.29 is 4.79 Å². The molecule has 2 N–H and O–H groups in total. The summed E-state index contributed by atoms with van der Waals surface area (Å²) < 4.78 is 1.87. The number of nitrogens with zero attached hydrogens (tertiary/aromatic N) is 4. The highest BCUT2D eigenvalue weighted by Gasteiger charge is 2.30. The lowest BCUT2D eigenvalue weighted by Crippen LogP contribution is -2.39. The normalized spacial score (nSPS) is 12.9. The van der Waals surface area contributed by atoms with Gasteiger partial charge in [-0.15, -0.1) is 0 Å². The minimum absolute atomic E-state index is 0.170. The minimum atomic E-state index is -0.959. The van der Waals surface area contributed by atoms with Gasteiger partial charge in [0.05, 0.1) is 24.5 Å². The summed E-state index contributed by atoms with van der Waals surface area (Å²) in [7, 11) is 0. The van der Waals surface area contributed by atoms with E-state index in [2.05, 4.69) is 15.6 Å². The third kappa shape index (κ3) is 6.69. The van der Waals surface area contributed by atoms with Crippen molar-refractivity contribution in [2.24, 2.45) is 4.99 Å². The molecule has 0 radical (unpaired) electrons. The first kappa shape index (κ1) is 26.2. The molecule has 1 atom stereocenters. The van der Waals surface area contributed by atoms with Gasteiger partial charge in [-0.2, -0.15) is 5.26 Å². The molecule has 0 aliphatic rings. The molecule has 0 saturated carbocycles. The lowest BCUT2D eigenvalue weighted by Gasteiger charge is -2.29. The van der Waals surface area contributed by atoms with Crippen molar-refractivity contribution in [3.8, 4) is 6.07 Å². The van der Waals surface area contributed by atoms with E-state index in [0.717, 1.165) is 0 Å². The quantitative estimate of drug-likeness (QED) is 0.210. The molecule has 4 aromatic rings. The van der Waals surface area contributed by atoms with Crippen LogP contribution in [-0.2, 0) is 12.1 Å². The Kier molecular flexibility index (Phi) is 8.14. The molecule has 0 unspecified atom stereocenters. The van der Waals surface area contributed by atoms with E-state index in [0.29, 0.717) is 44.0 Å². The van der Waals surface area contributed by atoms with Gasteiger partial charge in [0.2, 0.25) is 5.96 Å². The Labute approximate surface area is 229 Å². The van der Waals surface area contributed by atoms with E-state index in [9.17, 15) is 10.1 Å². The largest absolute Gasteiger partial charge is 0.335 e. The highest BCUT2D eigenvalue weighted by molar-refractivity contribution is 6.35. The van der Waals surface area contributed by atoms with E-state index in [1.807, 2.05) is 29.8 Å². The van der Waals surface area contributed by atoms with Gasteiger partial charge in [-0.3, -0.25) is 10.1 Å². The number of carbonyl (C=O) groups excluding carboxylic acids is 1. The second-order valence-corrected chi connectivity index (χ2v) is 9.65. The number of anilines is 1. The van der Waals surface area contributed by atoms with Gasteiger partial charge in [0.25, 0.3) is 5.91 Å². The van der Waals surface area contributed by atoms with Crippen LogP contribution in [0.5, 0.6) is 0 Å². The monoisotopic (exact) mass is 550 g/mol. The number of imidazole rings is 1. The fourth-order valence-electron chi connectivity index (χ4n) is 3.76. The Morgan fingerprint density at radius 3 is 2.51 bits per heavy atom. The van der Waals surface area contributed by atoms with Crippen LogP contribution >= 0.6 is 34.8 Å². The molecular weight excluding hydrogens is 531 g/mol. The van der Waals surface area contributed by atoms with Crippen molar-refractivity contribution in [1.82, 2.24) is 14.9 Å². The van der Waals surface area contributed by atoms with E-state index < -0.39 is 11.4 Å². The van der Waals surface area contributed by atoms with Gasteiger partial charge in [-0.1, -0.05) is 46.9 Å². The molecule has 1 aromatic heterocycles. The molecule has 0 bridgehead atoms. The lowest BCUT2D eigenvalue weighted by atomic mass is 9.92. The van der Waals surface area contributed by atoms with Crippen molar-refractivity contribution in [2.75, 3.05) is 5.32 Å². The Hall–Kier alpha value is -3.83.